The molecule has 0 amide bonds. The Morgan fingerprint density at radius 1 is 1.62 bits per heavy atom. The summed E-state index contributed by atoms with van der Waals surface area (Å²) >= 11 is 0. The van der Waals surface area contributed by atoms with Crippen LogP contribution in [0.3, 0.4) is 0 Å². The van der Waals surface area contributed by atoms with E-state index in [0.29, 0.717) is 19.6 Å². The zero-order valence-corrected chi connectivity index (χ0v) is 10.2. The lowest BCUT2D eigenvalue weighted by Gasteiger charge is -2.25. The highest BCUT2D eigenvalue weighted by molar-refractivity contribution is 4.84. The molecule has 0 radical (unpaired) electrons. The average Bonchev–Trinajstić information content (AvgIpc) is 2.28. The van der Waals surface area contributed by atoms with Crippen LogP contribution in [0.5, 0.6) is 0 Å². The van der Waals surface area contributed by atoms with E-state index >= 15 is 0 Å². The van der Waals surface area contributed by atoms with Gasteiger partial charge in [-0.25, -0.2) is 0 Å². The highest BCUT2D eigenvalue weighted by Crippen LogP contribution is 2.10. The first kappa shape index (κ1) is 13.5. The zero-order chi connectivity index (χ0) is 11.9. The van der Waals surface area contributed by atoms with Crippen molar-refractivity contribution in [1.82, 2.24) is 5.32 Å². The van der Waals surface area contributed by atoms with Crippen molar-refractivity contribution in [2.75, 3.05) is 26.8 Å². The van der Waals surface area contributed by atoms with Gasteiger partial charge >= 0.3 is 0 Å². The number of hydrogen-bond acceptors (Lipinski definition) is 4. The van der Waals surface area contributed by atoms with Crippen molar-refractivity contribution in [3.05, 3.63) is 12.3 Å². The van der Waals surface area contributed by atoms with Gasteiger partial charge in [-0.1, -0.05) is 0 Å². The van der Waals surface area contributed by atoms with E-state index in [2.05, 4.69) is 5.32 Å². The van der Waals surface area contributed by atoms with E-state index in [1.165, 1.54) is 0 Å². The van der Waals surface area contributed by atoms with Crippen molar-refractivity contribution in [3.8, 4) is 0 Å². The summed E-state index contributed by atoms with van der Waals surface area (Å²) < 4.78 is 10.4. The van der Waals surface area contributed by atoms with Crippen LogP contribution in [-0.2, 0) is 9.47 Å². The monoisotopic (exact) mass is 229 g/mol. The quantitative estimate of drug-likeness (QED) is 0.685. The summed E-state index contributed by atoms with van der Waals surface area (Å²) in [4.78, 5) is 0. The van der Waals surface area contributed by atoms with Crippen molar-refractivity contribution in [3.63, 3.8) is 0 Å². The standard InChI is InChI=1S/C12H23NO3/c1-12(14,6-8-15-2)10-13-9-11-5-3-4-7-16-11/h4,7,11,13-14H,3,5-6,8-10H2,1-2H3. The van der Waals surface area contributed by atoms with Crippen LogP contribution in [0.2, 0.25) is 0 Å². The molecule has 16 heavy (non-hydrogen) atoms. The molecule has 1 aliphatic rings. The van der Waals surface area contributed by atoms with Crippen LogP contribution in [0.1, 0.15) is 26.2 Å². The Morgan fingerprint density at radius 2 is 2.44 bits per heavy atom. The van der Waals surface area contributed by atoms with Gasteiger partial charge in [0.05, 0.1) is 11.9 Å². The SMILES string of the molecule is COCCC(C)(O)CNCC1CCC=CO1. The Balaban J connectivity index is 2.11. The number of rotatable bonds is 7. The summed E-state index contributed by atoms with van der Waals surface area (Å²) in [6, 6.07) is 0. The molecule has 0 aromatic carbocycles. The van der Waals surface area contributed by atoms with Gasteiger partial charge in [0.15, 0.2) is 0 Å². The van der Waals surface area contributed by atoms with Crippen LogP contribution in [0, 0.1) is 0 Å². The van der Waals surface area contributed by atoms with Gasteiger partial charge in [0.2, 0.25) is 0 Å². The zero-order valence-electron chi connectivity index (χ0n) is 10.2. The van der Waals surface area contributed by atoms with Crippen LogP contribution >= 0.6 is 0 Å². The fraction of sp³-hybridized carbons (Fsp3) is 0.833. The van der Waals surface area contributed by atoms with Gasteiger partial charge in [-0.15, -0.1) is 0 Å². The predicted octanol–water partition coefficient (Wildman–Crippen LogP) is 1.06. The van der Waals surface area contributed by atoms with Gasteiger partial charge in [0.25, 0.3) is 0 Å². The molecule has 0 fully saturated rings. The van der Waals surface area contributed by atoms with Gasteiger partial charge in [-0.2, -0.15) is 0 Å². The lowest BCUT2D eigenvalue weighted by Crippen LogP contribution is -2.41. The first-order chi connectivity index (χ1) is 7.64. The molecular formula is C12H23NO3. The fourth-order valence-electron chi connectivity index (χ4n) is 1.65. The van der Waals surface area contributed by atoms with Crippen molar-refractivity contribution in [2.45, 2.75) is 37.9 Å². The molecule has 0 aromatic rings. The topological polar surface area (TPSA) is 50.7 Å². The lowest BCUT2D eigenvalue weighted by atomic mass is 10.0. The van der Waals surface area contributed by atoms with Gasteiger partial charge < -0.3 is 19.9 Å². The van der Waals surface area contributed by atoms with Crippen LogP contribution in [-0.4, -0.2) is 43.6 Å². The van der Waals surface area contributed by atoms with Crippen molar-refractivity contribution >= 4 is 0 Å². The first-order valence-electron chi connectivity index (χ1n) is 5.86. The van der Waals surface area contributed by atoms with Crippen LogP contribution in [0.15, 0.2) is 12.3 Å². The summed E-state index contributed by atoms with van der Waals surface area (Å²) in [6.45, 7) is 3.76. The van der Waals surface area contributed by atoms with Gasteiger partial charge in [0.1, 0.15) is 6.10 Å². The van der Waals surface area contributed by atoms with E-state index in [1.54, 1.807) is 13.4 Å². The first-order valence-corrected chi connectivity index (χ1v) is 5.86. The third kappa shape index (κ3) is 5.49. The molecule has 2 N–H and O–H groups in total. The number of nitrogens with one attached hydrogen (secondary N) is 1. The Labute approximate surface area is 97.6 Å². The normalized spacial score (nSPS) is 23.8. The van der Waals surface area contributed by atoms with Crippen LogP contribution < -0.4 is 5.32 Å². The van der Waals surface area contributed by atoms with Crippen molar-refractivity contribution in [2.24, 2.45) is 0 Å². The number of allylic oxidation sites excluding steroid dienone is 1. The second-order valence-electron chi connectivity index (χ2n) is 4.58. The summed E-state index contributed by atoms with van der Waals surface area (Å²) in [5.41, 5.74) is -0.708. The maximum Gasteiger partial charge on any atom is 0.110 e. The fourth-order valence-corrected chi connectivity index (χ4v) is 1.65. The average molecular weight is 229 g/mol. The molecule has 0 aliphatic carbocycles. The number of ether oxygens (including phenoxy) is 2. The molecule has 4 heteroatoms. The van der Waals surface area contributed by atoms with E-state index in [1.807, 2.05) is 13.0 Å². The minimum absolute atomic E-state index is 0.239. The summed E-state index contributed by atoms with van der Waals surface area (Å²) in [5, 5.41) is 13.2. The van der Waals surface area contributed by atoms with Gasteiger partial charge in [-0.05, 0) is 25.8 Å². The highest BCUT2D eigenvalue weighted by atomic mass is 16.5. The van der Waals surface area contributed by atoms with E-state index in [0.717, 1.165) is 19.4 Å². The molecular weight excluding hydrogens is 206 g/mol. The van der Waals surface area contributed by atoms with Gasteiger partial charge in [0, 0.05) is 33.2 Å². The van der Waals surface area contributed by atoms with E-state index in [4.69, 9.17) is 9.47 Å². The minimum Gasteiger partial charge on any atom is -0.497 e. The Morgan fingerprint density at radius 3 is 3.06 bits per heavy atom. The number of methoxy groups -OCH3 is 1. The molecule has 2 unspecified atom stereocenters. The summed E-state index contributed by atoms with van der Waals surface area (Å²) in [7, 11) is 1.64. The summed E-state index contributed by atoms with van der Waals surface area (Å²) in [5.74, 6) is 0. The molecule has 4 nitrogen and oxygen atoms in total. The van der Waals surface area contributed by atoms with Crippen LogP contribution in [0.4, 0.5) is 0 Å². The smallest absolute Gasteiger partial charge is 0.110 e. The second kappa shape index (κ2) is 6.89. The number of aliphatic hydroxyl groups is 1. The Kier molecular flexibility index (Phi) is 5.80. The molecule has 0 saturated carbocycles. The van der Waals surface area contributed by atoms with Crippen LogP contribution in [0.25, 0.3) is 0 Å². The lowest BCUT2D eigenvalue weighted by molar-refractivity contribution is 0.0213. The maximum absolute atomic E-state index is 9.98. The highest BCUT2D eigenvalue weighted by Gasteiger charge is 2.20. The third-order valence-electron chi connectivity index (χ3n) is 2.75. The molecule has 0 saturated heterocycles. The van der Waals surface area contributed by atoms with E-state index < -0.39 is 5.60 Å². The predicted molar refractivity (Wildman–Crippen MR) is 63.2 cm³/mol. The van der Waals surface area contributed by atoms with Crippen molar-refractivity contribution in [1.29, 1.82) is 0 Å². The third-order valence-corrected chi connectivity index (χ3v) is 2.75. The molecule has 94 valence electrons. The summed E-state index contributed by atoms with van der Waals surface area (Å²) in [6.07, 6.45) is 6.80. The van der Waals surface area contributed by atoms with E-state index in [-0.39, 0.29) is 6.10 Å². The molecule has 0 spiro atoms. The van der Waals surface area contributed by atoms with Crippen molar-refractivity contribution < 1.29 is 14.6 Å². The molecule has 1 aliphatic heterocycles. The largest absolute Gasteiger partial charge is 0.497 e. The van der Waals surface area contributed by atoms with E-state index in [9.17, 15) is 5.11 Å². The molecule has 0 bridgehead atoms. The van der Waals surface area contributed by atoms with Gasteiger partial charge in [-0.3, -0.25) is 0 Å². The Bertz CT molecular complexity index is 216. The Hall–Kier alpha value is -0.580. The molecule has 0 aromatic heterocycles. The maximum atomic E-state index is 9.98. The second-order valence-corrected chi connectivity index (χ2v) is 4.58. The molecule has 1 heterocycles. The molecule has 2 atom stereocenters. The number of hydrogen-bond donors (Lipinski definition) is 2. The minimum atomic E-state index is -0.708. The molecule has 1 rings (SSSR count).